The second-order valence-electron chi connectivity index (χ2n) is 3.26. The molecule has 0 radical (unpaired) electrons. The van der Waals surface area contributed by atoms with Gasteiger partial charge in [-0.2, -0.15) is 13.2 Å². The van der Waals surface area contributed by atoms with Gasteiger partial charge in [-0.3, -0.25) is 14.4 Å². The van der Waals surface area contributed by atoms with Gasteiger partial charge in [-0.25, -0.2) is 0 Å². The summed E-state index contributed by atoms with van der Waals surface area (Å²) < 4.78 is 36.5. The molecule has 0 aromatic heterocycles. The average molecular weight is 257 g/mol. The summed E-state index contributed by atoms with van der Waals surface area (Å²) in [6.45, 7) is 1.05. The van der Waals surface area contributed by atoms with Gasteiger partial charge in [0.2, 0.25) is 5.91 Å². The number of aliphatic carboxylic acids is 2. The van der Waals surface area contributed by atoms with Gasteiger partial charge < -0.3 is 15.5 Å². The number of carboxylic acid groups (broad SMARTS) is 2. The Balaban J connectivity index is 4.54. The summed E-state index contributed by atoms with van der Waals surface area (Å²) >= 11 is 0. The fourth-order valence-corrected chi connectivity index (χ4v) is 0.891. The zero-order valence-corrected chi connectivity index (χ0v) is 8.61. The Morgan fingerprint density at radius 1 is 1.18 bits per heavy atom. The number of carbonyl (C=O) groups is 3. The van der Waals surface area contributed by atoms with Crippen LogP contribution >= 0.6 is 0 Å². The van der Waals surface area contributed by atoms with E-state index < -0.39 is 42.4 Å². The summed E-state index contributed by atoms with van der Waals surface area (Å²) in [6.07, 6.45) is -6.41. The number of halogens is 3. The van der Waals surface area contributed by atoms with Crippen molar-refractivity contribution in [3.8, 4) is 0 Å². The van der Waals surface area contributed by atoms with Crippen molar-refractivity contribution in [1.82, 2.24) is 5.32 Å². The summed E-state index contributed by atoms with van der Waals surface area (Å²) in [5, 5.41) is 18.4. The van der Waals surface area contributed by atoms with E-state index in [0.29, 0.717) is 0 Å². The number of rotatable bonds is 5. The van der Waals surface area contributed by atoms with Gasteiger partial charge in [0.15, 0.2) is 5.92 Å². The summed E-state index contributed by atoms with van der Waals surface area (Å²) in [4.78, 5) is 31.6. The molecule has 0 saturated carbocycles. The highest BCUT2D eigenvalue weighted by Crippen LogP contribution is 2.28. The van der Waals surface area contributed by atoms with Crippen LogP contribution in [0, 0.1) is 5.92 Å². The summed E-state index contributed by atoms with van der Waals surface area (Å²) in [5.41, 5.74) is 0. The second-order valence-corrected chi connectivity index (χ2v) is 3.26. The molecule has 0 aromatic carbocycles. The molecule has 0 aliphatic rings. The molecule has 0 fully saturated rings. The molecule has 0 aliphatic carbocycles. The average Bonchev–Trinajstić information content (AvgIpc) is 2.11. The van der Waals surface area contributed by atoms with Gasteiger partial charge in [0.05, 0.1) is 0 Å². The SMILES string of the molecule is C[C@H](NC(=O)CC(C(=O)O)C(F)(F)F)C(=O)O. The first-order valence-corrected chi connectivity index (χ1v) is 4.37. The lowest BCUT2D eigenvalue weighted by Gasteiger charge is -2.16. The van der Waals surface area contributed by atoms with E-state index in [-0.39, 0.29) is 0 Å². The molecule has 0 aliphatic heterocycles. The maximum atomic E-state index is 12.2. The van der Waals surface area contributed by atoms with Gasteiger partial charge in [-0.1, -0.05) is 0 Å². The van der Waals surface area contributed by atoms with Crippen LogP contribution in [0.1, 0.15) is 13.3 Å². The fourth-order valence-electron chi connectivity index (χ4n) is 0.891. The van der Waals surface area contributed by atoms with Crippen LogP contribution in [0.4, 0.5) is 13.2 Å². The maximum Gasteiger partial charge on any atom is 0.402 e. The number of carbonyl (C=O) groups excluding carboxylic acids is 1. The lowest BCUT2D eigenvalue weighted by molar-refractivity contribution is -0.195. The monoisotopic (exact) mass is 257 g/mol. The van der Waals surface area contributed by atoms with Gasteiger partial charge >= 0.3 is 18.1 Å². The molecule has 0 aromatic rings. The number of hydrogen-bond donors (Lipinski definition) is 3. The van der Waals surface area contributed by atoms with E-state index in [2.05, 4.69) is 0 Å². The zero-order valence-electron chi connectivity index (χ0n) is 8.61. The first-order chi connectivity index (χ1) is 7.55. The summed E-state index contributed by atoms with van der Waals surface area (Å²) in [7, 11) is 0. The molecule has 2 atom stereocenters. The van der Waals surface area contributed by atoms with Crippen LogP contribution in [0.15, 0.2) is 0 Å². The molecule has 0 spiro atoms. The first kappa shape index (κ1) is 15.2. The Bertz CT molecular complexity index is 328. The number of hydrogen-bond acceptors (Lipinski definition) is 3. The smallest absolute Gasteiger partial charge is 0.402 e. The van der Waals surface area contributed by atoms with Crippen LogP contribution in [-0.4, -0.2) is 40.3 Å². The highest BCUT2D eigenvalue weighted by molar-refractivity contribution is 5.86. The minimum absolute atomic E-state index is 1.05. The molecular formula is C8H10F3NO5. The van der Waals surface area contributed by atoms with Gasteiger partial charge in [0.1, 0.15) is 6.04 Å². The minimum Gasteiger partial charge on any atom is -0.481 e. The molecule has 9 heteroatoms. The zero-order chi connectivity index (χ0) is 13.8. The molecular weight excluding hydrogens is 247 g/mol. The van der Waals surface area contributed by atoms with Crippen LogP contribution in [0.5, 0.6) is 0 Å². The molecule has 0 heterocycles. The fraction of sp³-hybridized carbons (Fsp3) is 0.625. The van der Waals surface area contributed by atoms with E-state index in [0.717, 1.165) is 6.92 Å². The molecule has 0 saturated heterocycles. The van der Waals surface area contributed by atoms with E-state index in [1.165, 1.54) is 0 Å². The molecule has 1 amide bonds. The van der Waals surface area contributed by atoms with Crippen molar-refractivity contribution >= 4 is 17.8 Å². The standard InChI is InChI=1S/C8H10F3NO5/c1-3(6(14)15)12-5(13)2-4(7(16)17)8(9,10)11/h3-4H,2H2,1H3,(H,12,13)(H,14,15)(H,16,17)/t3-,4?/m0/s1. The molecule has 1 unspecified atom stereocenters. The van der Waals surface area contributed by atoms with Crippen molar-refractivity contribution < 1.29 is 37.8 Å². The Morgan fingerprint density at radius 3 is 1.94 bits per heavy atom. The third-order valence-electron chi connectivity index (χ3n) is 1.83. The number of nitrogens with one attached hydrogen (secondary N) is 1. The van der Waals surface area contributed by atoms with Crippen molar-refractivity contribution in [2.24, 2.45) is 5.92 Å². The Labute approximate surface area is 93.4 Å². The summed E-state index contributed by atoms with van der Waals surface area (Å²) in [5.74, 6) is -7.75. The molecule has 0 rings (SSSR count). The van der Waals surface area contributed by atoms with Crippen molar-refractivity contribution in [2.45, 2.75) is 25.6 Å². The van der Waals surface area contributed by atoms with Gasteiger partial charge in [0.25, 0.3) is 0 Å². The van der Waals surface area contributed by atoms with E-state index in [1.54, 1.807) is 5.32 Å². The second kappa shape index (κ2) is 5.51. The number of amides is 1. The molecule has 3 N–H and O–H groups in total. The van der Waals surface area contributed by atoms with E-state index in [9.17, 15) is 27.6 Å². The first-order valence-electron chi connectivity index (χ1n) is 4.37. The van der Waals surface area contributed by atoms with Crippen LogP contribution in [0.2, 0.25) is 0 Å². The Hall–Kier alpha value is -1.80. The topological polar surface area (TPSA) is 104 Å². The van der Waals surface area contributed by atoms with Gasteiger partial charge in [-0.15, -0.1) is 0 Å². The van der Waals surface area contributed by atoms with E-state index in [4.69, 9.17) is 10.2 Å². The third-order valence-corrected chi connectivity index (χ3v) is 1.83. The highest BCUT2D eigenvalue weighted by atomic mass is 19.4. The minimum atomic E-state index is -5.06. The lowest BCUT2D eigenvalue weighted by Crippen LogP contribution is -2.42. The third kappa shape index (κ3) is 5.18. The largest absolute Gasteiger partial charge is 0.481 e. The lowest BCUT2D eigenvalue weighted by atomic mass is 10.0. The van der Waals surface area contributed by atoms with E-state index >= 15 is 0 Å². The van der Waals surface area contributed by atoms with Gasteiger partial charge in [-0.05, 0) is 6.92 Å². The summed E-state index contributed by atoms with van der Waals surface area (Å²) in [6, 6.07) is -1.38. The van der Waals surface area contributed by atoms with E-state index in [1.807, 2.05) is 0 Å². The van der Waals surface area contributed by atoms with Crippen molar-refractivity contribution in [3.05, 3.63) is 0 Å². The number of alkyl halides is 3. The number of carboxylic acids is 2. The van der Waals surface area contributed by atoms with Gasteiger partial charge in [0, 0.05) is 6.42 Å². The molecule has 0 bridgehead atoms. The van der Waals surface area contributed by atoms with Crippen LogP contribution in [-0.2, 0) is 14.4 Å². The van der Waals surface area contributed by atoms with Crippen LogP contribution in [0.3, 0.4) is 0 Å². The van der Waals surface area contributed by atoms with Crippen LogP contribution < -0.4 is 5.32 Å². The van der Waals surface area contributed by atoms with Crippen molar-refractivity contribution in [3.63, 3.8) is 0 Å². The van der Waals surface area contributed by atoms with Crippen molar-refractivity contribution in [2.75, 3.05) is 0 Å². The highest BCUT2D eigenvalue weighted by Gasteiger charge is 2.46. The Morgan fingerprint density at radius 2 is 1.65 bits per heavy atom. The molecule has 17 heavy (non-hydrogen) atoms. The quantitative estimate of drug-likeness (QED) is 0.654. The predicted molar refractivity (Wildman–Crippen MR) is 47.0 cm³/mol. The Kier molecular flexibility index (Phi) is 4.92. The predicted octanol–water partition coefficient (Wildman–Crippen LogP) is 0.229. The normalized spacial score (nSPS) is 14.8. The molecule has 98 valence electrons. The van der Waals surface area contributed by atoms with Crippen LogP contribution in [0.25, 0.3) is 0 Å². The maximum absolute atomic E-state index is 12.2. The molecule has 6 nitrogen and oxygen atoms in total. The van der Waals surface area contributed by atoms with Crippen molar-refractivity contribution in [1.29, 1.82) is 0 Å².